The summed E-state index contributed by atoms with van der Waals surface area (Å²) in [5.41, 5.74) is 10.2. The van der Waals surface area contributed by atoms with Crippen LogP contribution in [0, 0.1) is 17.9 Å². The first-order valence-electron chi connectivity index (χ1n) is 24.0. The Hall–Kier alpha value is -10.3. The van der Waals surface area contributed by atoms with Gasteiger partial charge in [0.1, 0.15) is 0 Å². The summed E-state index contributed by atoms with van der Waals surface area (Å²) in [6.45, 7) is 7.61. The molecule has 0 fully saturated rings. The van der Waals surface area contributed by atoms with Crippen LogP contribution in [0.3, 0.4) is 0 Å². The van der Waals surface area contributed by atoms with Gasteiger partial charge in [-0.15, -0.1) is 0 Å². The highest BCUT2D eigenvalue weighted by molar-refractivity contribution is 6.12. The molecule has 0 aliphatic heterocycles. The number of hydrogen-bond donors (Lipinski definition) is 0. The lowest BCUT2D eigenvalue weighted by atomic mass is 9.98. The Morgan fingerprint density at radius 1 is 0.413 bits per heavy atom. The van der Waals surface area contributed by atoms with Crippen LogP contribution in [0.4, 0.5) is 18.9 Å². The number of alkyl halides is 3. The molecule has 75 heavy (non-hydrogen) atoms. The Morgan fingerprint density at radius 2 is 0.773 bits per heavy atom. The highest BCUT2D eigenvalue weighted by Crippen LogP contribution is 2.46. The van der Waals surface area contributed by atoms with Gasteiger partial charge in [-0.1, -0.05) is 182 Å². The number of aromatic nitrogens is 5. The van der Waals surface area contributed by atoms with E-state index in [1.54, 1.807) is 24.3 Å². The van der Waals surface area contributed by atoms with Crippen molar-refractivity contribution < 1.29 is 13.2 Å². The van der Waals surface area contributed by atoms with Crippen LogP contribution in [0.15, 0.2) is 231 Å². The van der Waals surface area contributed by atoms with Gasteiger partial charge in [0.15, 0.2) is 17.3 Å². The van der Waals surface area contributed by atoms with E-state index >= 15 is 13.2 Å². The van der Waals surface area contributed by atoms with Crippen LogP contribution in [0.5, 0.6) is 0 Å². The Labute approximate surface area is 429 Å². The number of benzene rings is 9. The van der Waals surface area contributed by atoms with Crippen molar-refractivity contribution in [3.63, 3.8) is 0 Å². The summed E-state index contributed by atoms with van der Waals surface area (Å²) < 4.78 is 50.0. The minimum Gasteiger partial charge on any atom is -0.308 e. The molecule has 354 valence electrons. The van der Waals surface area contributed by atoms with Gasteiger partial charge in [0.2, 0.25) is 0 Å². The number of hydrogen-bond acceptors (Lipinski definition) is 5. The van der Waals surface area contributed by atoms with Gasteiger partial charge in [0.25, 0.3) is 0 Å². The number of nitrogens with zero attached hydrogens (tertiary/aromatic N) is 7. The lowest BCUT2D eigenvalue weighted by Crippen LogP contribution is -2.11. The molecule has 12 aromatic rings. The second-order valence-corrected chi connectivity index (χ2v) is 18.0. The molecular weight excluding hydrogens is 936 g/mol. The van der Waals surface area contributed by atoms with Crippen LogP contribution in [-0.2, 0) is 6.18 Å². The minimum atomic E-state index is -4.85. The first-order chi connectivity index (χ1) is 36.7. The molecule has 0 radical (unpaired) electrons. The molecule has 0 spiro atoms. The molecule has 3 heterocycles. The predicted octanol–water partition coefficient (Wildman–Crippen LogP) is 17.1. The molecule has 0 aliphatic rings. The molecule has 0 amide bonds. The molecule has 12 rings (SSSR count). The van der Waals surface area contributed by atoms with Gasteiger partial charge >= 0.3 is 6.18 Å². The molecule has 0 saturated carbocycles. The normalized spacial score (nSPS) is 11.4. The van der Waals surface area contributed by atoms with Gasteiger partial charge in [0.05, 0.1) is 63.3 Å². The van der Waals surface area contributed by atoms with Crippen molar-refractivity contribution in [1.82, 2.24) is 24.5 Å². The van der Waals surface area contributed by atoms with Gasteiger partial charge < -0.3 is 4.57 Å². The van der Waals surface area contributed by atoms with E-state index in [-0.39, 0.29) is 22.8 Å². The van der Waals surface area contributed by atoms with Crippen LogP contribution in [0.25, 0.3) is 122 Å². The maximum Gasteiger partial charge on any atom is 0.416 e. The Bertz CT molecular complexity index is 3820. The number of nitriles is 1. The highest BCUT2D eigenvalue weighted by Gasteiger charge is 2.35. The molecule has 7 nitrogen and oxygen atoms in total. The molecule has 0 saturated heterocycles. The van der Waals surface area contributed by atoms with Gasteiger partial charge in [-0.05, 0) is 70.8 Å². The topological polar surface area (TPSA) is 84.6 Å². The van der Waals surface area contributed by atoms with Gasteiger partial charge in [-0.25, -0.2) is 24.8 Å². The molecule has 0 bridgehead atoms. The summed E-state index contributed by atoms with van der Waals surface area (Å²) in [6, 6.07) is 73.0. The summed E-state index contributed by atoms with van der Waals surface area (Å²) in [5, 5.41) is 11.3. The van der Waals surface area contributed by atoms with E-state index in [0.29, 0.717) is 50.7 Å². The Kier molecular flexibility index (Phi) is 11.6. The van der Waals surface area contributed by atoms with Crippen molar-refractivity contribution in [3.05, 3.63) is 253 Å². The van der Waals surface area contributed by atoms with E-state index < -0.39 is 11.7 Å². The lowest BCUT2D eigenvalue weighted by Gasteiger charge is -2.22. The largest absolute Gasteiger partial charge is 0.416 e. The molecular formula is C65H38F3N7. The van der Waals surface area contributed by atoms with E-state index in [4.69, 9.17) is 26.5 Å². The molecule has 3 aromatic heterocycles. The zero-order valence-electron chi connectivity index (χ0n) is 39.7. The lowest BCUT2D eigenvalue weighted by molar-refractivity contribution is -0.137. The standard InChI is InChI=1S/C65H38F3N7/c1-70-51-30-26-43(27-31-51)49-29-33-53-52-32-28-48(42-24-22-41(40-69)23-25-42)34-60(52)75(61(53)35-49)62-54(63-71-56(44-14-6-2-7-15-44)38-57(72-63)45-16-8-3-9-17-45)36-50(65(66,67)68)37-55(62)64-73-58(46-18-10-4-11-19-46)39-59(74-64)47-20-12-5-13-21-47/h2-39H. The Balaban J connectivity index is 1.27. The van der Waals surface area contributed by atoms with Gasteiger partial charge in [-0.2, -0.15) is 18.4 Å². The average molecular weight is 974 g/mol. The summed E-state index contributed by atoms with van der Waals surface area (Å²) in [5.74, 6) is 0.0911. The van der Waals surface area contributed by atoms with Crippen LogP contribution in [-0.4, -0.2) is 24.5 Å². The zero-order valence-corrected chi connectivity index (χ0v) is 39.7. The van der Waals surface area contributed by atoms with Crippen molar-refractivity contribution in [2.75, 3.05) is 0 Å². The van der Waals surface area contributed by atoms with E-state index in [1.165, 1.54) is 0 Å². The highest BCUT2D eigenvalue weighted by atomic mass is 19.4. The summed E-state index contributed by atoms with van der Waals surface area (Å²) >= 11 is 0. The minimum absolute atomic E-state index is 0.0455. The van der Waals surface area contributed by atoms with E-state index in [0.717, 1.165) is 67.4 Å². The van der Waals surface area contributed by atoms with Crippen molar-refractivity contribution >= 4 is 27.5 Å². The molecule has 0 atom stereocenters. The van der Waals surface area contributed by atoms with Crippen molar-refractivity contribution in [2.45, 2.75) is 6.18 Å². The second kappa shape index (κ2) is 19.0. The summed E-state index contributed by atoms with van der Waals surface area (Å²) in [4.78, 5) is 24.4. The Morgan fingerprint density at radius 3 is 1.12 bits per heavy atom. The third-order valence-corrected chi connectivity index (χ3v) is 13.3. The van der Waals surface area contributed by atoms with Crippen LogP contribution < -0.4 is 0 Å². The maximum atomic E-state index is 16.0. The predicted molar refractivity (Wildman–Crippen MR) is 291 cm³/mol. The molecule has 0 unspecified atom stereocenters. The van der Waals surface area contributed by atoms with Gasteiger partial charge in [0, 0.05) is 44.2 Å². The summed E-state index contributed by atoms with van der Waals surface area (Å²) in [6.07, 6.45) is -4.85. The quantitative estimate of drug-likeness (QED) is 0.135. The molecule has 0 N–H and O–H groups in total. The van der Waals surface area contributed by atoms with Gasteiger partial charge in [-0.3, -0.25) is 0 Å². The molecule has 10 heteroatoms. The SMILES string of the molecule is [C-]#[N+]c1ccc(-c2ccc3c4ccc(-c5ccc(C#N)cc5)cc4n(-c4c(-c5nc(-c6ccccc6)cc(-c6ccccc6)n5)cc(C(F)(F)F)cc4-c4nc(-c5ccccc5)cc(-c5ccccc5)n4)c3c2)cc1. The summed E-state index contributed by atoms with van der Waals surface area (Å²) in [7, 11) is 0. The van der Waals surface area contributed by atoms with Crippen LogP contribution >= 0.6 is 0 Å². The number of halogens is 3. The second-order valence-electron chi connectivity index (χ2n) is 18.0. The van der Waals surface area contributed by atoms with Crippen LogP contribution in [0.2, 0.25) is 0 Å². The van der Waals surface area contributed by atoms with E-state index in [1.807, 2.05) is 199 Å². The van der Waals surface area contributed by atoms with E-state index in [9.17, 15) is 5.26 Å². The van der Waals surface area contributed by atoms with Crippen molar-refractivity contribution in [2.24, 2.45) is 0 Å². The monoisotopic (exact) mass is 973 g/mol. The van der Waals surface area contributed by atoms with E-state index in [2.05, 4.69) is 10.9 Å². The fourth-order valence-electron chi connectivity index (χ4n) is 9.63. The number of rotatable bonds is 9. The smallest absolute Gasteiger partial charge is 0.308 e. The molecule has 9 aromatic carbocycles. The first-order valence-corrected chi connectivity index (χ1v) is 24.0. The maximum absolute atomic E-state index is 16.0. The first kappa shape index (κ1) is 45.8. The third kappa shape index (κ3) is 8.84. The fraction of sp³-hybridized carbons (Fsp3) is 0.0154. The van der Waals surface area contributed by atoms with Crippen molar-refractivity contribution in [3.8, 4) is 102 Å². The zero-order chi connectivity index (χ0) is 51.0. The average Bonchev–Trinajstić information content (AvgIpc) is 3.81. The number of fused-ring (bicyclic) bond motifs is 3. The fourth-order valence-corrected chi connectivity index (χ4v) is 9.63. The third-order valence-electron chi connectivity index (χ3n) is 13.3. The van der Waals surface area contributed by atoms with Crippen molar-refractivity contribution in [1.29, 1.82) is 5.26 Å². The molecule has 0 aliphatic carbocycles. The van der Waals surface area contributed by atoms with Crippen LogP contribution in [0.1, 0.15) is 11.1 Å².